The normalized spacial score (nSPS) is 11.2. The Balaban J connectivity index is 2.21. The summed E-state index contributed by atoms with van der Waals surface area (Å²) in [6.07, 6.45) is 1.34. The van der Waals surface area contributed by atoms with Gasteiger partial charge in [-0.15, -0.1) is 0 Å². The molecule has 0 fully saturated rings. The molecule has 0 radical (unpaired) electrons. The Morgan fingerprint density at radius 2 is 2.04 bits per heavy atom. The van der Waals surface area contributed by atoms with E-state index in [1.807, 2.05) is 6.07 Å². The van der Waals surface area contributed by atoms with Crippen molar-refractivity contribution in [3.8, 4) is 17.6 Å². The van der Waals surface area contributed by atoms with Crippen molar-refractivity contribution < 1.29 is 23.4 Å². The van der Waals surface area contributed by atoms with Crippen LogP contribution in [-0.4, -0.2) is 23.9 Å². The molecule has 2 aromatic rings. The second kappa shape index (κ2) is 9.39. The van der Waals surface area contributed by atoms with Crippen LogP contribution in [0.1, 0.15) is 5.56 Å². The topological polar surface area (TPSA) is 82.3 Å². The van der Waals surface area contributed by atoms with Gasteiger partial charge in [-0.05, 0) is 48.0 Å². The van der Waals surface area contributed by atoms with Gasteiger partial charge in [-0.25, -0.2) is 0 Å². The molecule has 0 saturated heterocycles. The number of alkyl halides is 2. The zero-order valence-corrected chi connectivity index (χ0v) is 16.3. The van der Waals surface area contributed by atoms with E-state index in [1.54, 1.807) is 0 Å². The Morgan fingerprint density at radius 1 is 1.37 bits per heavy atom. The fourth-order valence-corrected chi connectivity index (χ4v) is 3.00. The quantitative estimate of drug-likeness (QED) is 0.363. The Labute approximate surface area is 166 Å². The second-order valence-electron chi connectivity index (χ2n) is 5.07. The first kappa shape index (κ1) is 20.7. The lowest BCUT2D eigenvalue weighted by atomic mass is 10.1. The third-order valence-electron chi connectivity index (χ3n) is 3.30. The van der Waals surface area contributed by atoms with Crippen molar-refractivity contribution in [2.45, 2.75) is 10.7 Å². The van der Waals surface area contributed by atoms with Crippen LogP contribution < -0.4 is 10.1 Å². The van der Waals surface area contributed by atoms with E-state index in [0.717, 1.165) is 0 Å². The van der Waals surface area contributed by atoms with Gasteiger partial charge in [-0.3, -0.25) is 4.79 Å². The number of thioether (sulfide) groups is 1. The molecule has 140 valence electrons. The zero-order valence-electron chi connectivity index (χ0n) is 13.9. The van der Waals surface area contributed by atoms with Gasteiger partial charge in [0.15, 0.2) is 11.5 Å². The van der Waals surface area contributed by atoms with Crippen LogP contribution >= 0.6 is 27.7 Å². The maximum Gasteiger partial charge on any atom is 0.288 e. The number of halogens is 3. The van der Waals surface area contributed by atoms with Crippen LogP contribution in [0.25, 0.3) is 6.08 Å². The number of carbonyl (C=O) groups is 1. The number of phenolic OH excluding ortho intramolecular Hbond substituents is 1. The standard InChI is InChI=1S/C18H13BrF2N2O3S/c1-26-16-7-10(14(19)8-15(16)24)6-11(9-22)17(25)23-12-2-4-13(5-3-12)27-18(20)21/h2-8,18,24H,1H3,(H,23,25)/b11-6-. The highest BCUT2D eigenvalue weighted by molar-refractivity contribution is 9.10. The van der Waals surface area contributed by atoms with Crippen LogP contribution in [-0.2, 0) is 4.79 Å². The molecular formula is C18H13BrF2N2O3S. The minimum absolute atomic E-state index is 0.0914. The van der Waals surface area contributed by atoms with Gasteiger partial charge in [0.1, 0.15) is 11.6 Å². The number of nitrogens with one attached hydrogen (secondary N) is 1. The summed E-state index contributed by atoms with van der Waals surface area (Å²) in [6, 6.07) is 10.5. The number of methoxy groups -OCH3 is 1. The summed E-state index contributed by atoms with van der Waals surface area (Å²) in [5.74, 6) is -3.09. The summed E-state index contributed by atoms with van der Waals surface area (Å²) in [7, 11) is 1.38. The van der Waals surface area contributed by atoms with E-state index in [2.05, 4.69) is 21.2 Å². The van der Waals surface area contributed by atoms with E-state index < -0.39 is 11.7 Å². The van der Waals surface area contributed by atoms with Gasteiger partial charge in [0.05, 0.1) is 7.11 Å². The molecular weight excluding hydrogens is 442 g/mol. The molecule has 2 rings (SSSR count). The predicted octanol–water partition coefficient (Wildman–Crippen LogP) is 5.02. The van der Waals surface area contributed by atoms with Crippen molar-refractivity contribution in [3.05, 3.63) is 52.0 Å². The monoisotopic (exact) mass is 454 g/mol. The highest BCUT2D eigenvalue weighted by Gasteiger charge is 2.13. The van der Waals surface area contributed by atoms with Crippen molar-refractivity contribution in [2.75, 3.05) is 12.4 Å². The van der Waals surface area contributed by atoms with Crippen LogP contribution in [0.4, 0.5) is 14.5 Å². The lowest BCUT2D eigenvalue weighted by molar-refractivity contribution is -0.112. The van der Waals surface area contributed by atoms with Crippen LogP contribution in [0.15, 0.2) is 51.3 Å². The van der Waals surface area contributed by atoms with E-state index in [1.165, 1.54) is 49.6 Å². The molecule has 0 atom stereocenters. The van der Waals surface area contributed by atoms with Crippen LogP contribution in [0.2, 0.25) is 0 Å². The Morgan fingerprint density at radius 3 is 2.59 bits per heavy atom. The number of anilines is 1. The number of phenols is 1. The molecule has 2 N–H and O–H groups in total. The Hall–Kier alpha value is -2.57. The second-order valence-corrected chi connectivity index (χ2v) is 6.99. The van der Waals surface area contributed by atoms with Gasteiger partial charge in [0.25, 0.3) is 11.7 Å². The Bertz CT molecular complexity index is 912. The van der Waals surface area contributed by atoms with Crippen LogP contribution in [0.3, 0.4) is 0 Å². The summed E-state index contributed by atoms with van der Waals surface area (Å²) in [4.78, 5) is 12.7. The van der Waals surface area contributed by atoms with Crippen molar-refractivity contribution in [2.24, 2.45) is 0 Å². The van der Waals surface area contributed by atoms with Crippen LogP contribution in [0, 0.1) is 11.3 Å². The number of carbonyl (C=O) groups excluding carboxylic acids is 1. The number of ether oxygens (including phenoxy) is 1. The maximum absolute atomic E-state index is 12.3. The smallest absolute Gasteiger partial charge is 0.288 e. The molecule has 0 spiro atoms. The van der Waals surface area contributed by atoms with Gasteiger partial charge in [0.2, 0.25) is 0 Å². The Kier molecular flexibility index (Phi) is 7.21. The van der Waals surface area contributed by atoms with E-state index in [4.69, 9.17) is 4.74 Å². The average Bonchev–Trinajstić information content (AvgIpc) is 2.62. The SMILES string of the molecule is COc1cc(/C=C(/C#N)C(=O)Nc2ccc(SC(F)F)cc2)c(Br)cc1O. The molecule has 0 aliphatic heterocycles. The zero-order chi connectivity index (χ0) is 20.0. The van der Waals surface area contributed by atoms with Gasteiger partial charge in [0, 0.05) is 15.1 Å². The molecule has 0 bridgehead atoms. The van der Waals surface area contributed by atoms with E-state index in [0.29, 0.717) is 32.4 Å². The number of hydrogen-bond donors (Lipinski definition) is 2. The number of rotatable bonds is 6. The fourth-order valence-electron chi connectivity index (χ4n) is 2.05. The first-order valence-corrected chi connectivity index (χ1v) is 9.06. The molecule has 0 aliphatic rings. The van der Waals surface area contributed by atoms with Crippen molar-refractivity contribution >= 4 is 45.4 Å². The number of nitriles is 1. The summed E-state index contributed by atoms with van der Waals surface area (Å²) < 4.78 is 30.1. The summed E-state index contributed by atoms with van der Waals surface area (Å²) in [6.45, 7) is 0. The molecule has 0 unspecified atom stereocenters. The number of aromatic hydroxyl groups is 1. The van der Waals surface area contributed by atoms with E-state index >= 15 is 0 Å². The first-order chi connectivity index (χ1) is 12.8. The molecule has 0 heterocycles. The molecule has 1 amide bonds. The van der Waals surface area contributed by atoms with Crippen molar-refractivity contribution in [1.29, 1.82) is 5.26 Å². The van der Waals surface area contributed by atoms with E-state index in [9.17, 15) is 23.9 Å². The van der Waals surface area contributed by atoms with Gasteiger partial charge in [-0.2, -0.15) is 14.0 Å². The van der Waals surface area contributed by atoms with Gasteiger partial charge >= 0.3 is 0 Å². The lowest BCUT2D eigenvalue weighted by Crippen LogP contribution is -2.13. The minimum Gasteiger partial charge on any atom is -0.504 e. The molecule has 0 aliphatic carbocycles. The average molecular weight is 455 g/mol. The third-order valence-corrected chi connectivity index (χ3v) is 4.71. The minimum atomic E-state index is -2.53. The summed E-state index contributed by atoms with van der Waals surface area (Å²) in [5.41, 5.74) is 0.636. The molecule has 0 aromatic heterocycles. The van der Waals surface area contributed by atoms with Crippen molar-refractivity contribution in [1.82, 2.24) is 0 Å². The van der Waals surface area contributed by atoms with E-state index in [-0.39, 0.29) is 17.1 Å². The molecule has 9 heteroatoms. The first-order valence-electron chi connectivity index (χ1n) is 7.38. The number of nitrogens with zero attached hydrogens (tertiary/aromatic N) is 1. The molecule has 2 aromatic carbocycles. The molecule has 5 nitrogen and oxygen atoms in total. The largest absolute Gasteiger partial charge is 0.504 e. The van der Waals surface area contributed by atoms with Gasteiger partial charge in [-0.1, -0.05) is 27.7 Å². The predicted molar refractivity (Wildman–Crippen MR) is 103 cm³/mol. The number of amides is 1. The molecule has 0 saturated carbocycles. The number of hydrogen-bond acceptors (Lipinski definition) is 5. The van der Waals surface area contributed by atoms with Gasteiger partial charge < -0.3 is 15.2 Å². The highest BCUT2D eigenvalue weighted by atomic mass is 79.9. The van der Waals surface area contributed by atoms with Crippen molar-refractivity contribution in [3.63, 3.8) is 0 Å². The lowest BCUT2D eigenvalue weighted by Gasteiger charge is -2.08. The highest BCUT2D eigenvalue weighted by Crippen LogP contribution is 2.33. The number of benzene rings is 2. The third kappa shape index (κ3) is 5.70. The maximum atomic E-state index is 12.3. The summed E-state index contributed by atoms with van der Waals surface area (Å²) >= 11 is 3.64. The van der Waals surface area contributed by atoms with Crippen LogP contribution in [0.5, 0.6) is 11.5 Å². The fraction of sp³-hybridized carbons (Fsp3) is 0.111. The molecule has 27 heavy (non-hydrogen) atoms. The summed E-state index contributed by atoms with van der Waals surface area (Å²) in [5, 5.41) is 21.5.